The molecule has 0 bridgehead atoms. The van der Waals surface area contributed by atoms with Crippen molar-refractivity contribution in [2.24, 2.45) is 0 Å². The lowest BCUT2D eigenvalue weighted by Crippen LogP contribution is -2.41. The first-order chi connectivity index (χ1) is 8.75. The SMILES string of the molecule is C/C(C(=O)O)=C(/C)C(=O)NC(C)(C)c1ccccc1. The van der Waals surface area contributed by atoms with E-state index in [9.17, 15) is 9.59 Å². The topological polar surface area (TPSA) is 66.4 Å². The number of benzene rings is 1. The molecule has 0 heterocycles. The van der Waals surface area contributed by atoms with Crippen LogP contribution in [-0.4, -0.2) is 17.0 Å². The first kappa shape index (κ1) is 15.0. The highest BCUT2D eigenvalue weighted by atomic mass is 16.4. The minimum atomic E-state index is -1.08. The number of hydrogen-bond donors (Lipinski definition) is 2. The van der Waals surface area contributed by atoms with Crippen molar-refractivity contribution in [1.82, 2.24) is 5.32 Å². The molecule has 4 nitrogen and oxygen atoms in total. The predicted molar refractivity (Wildman–Crippen MR) is 73.6 cm³/mol. The summed E-state index contributed by atoms with van der Waals surface area (Å²) in [5.74, 6) is -1.45. The zero-order valence-electron chi connectivity index (χ0n) is 11.7. The number of nitrogens with one attached hydrogen (secondary N) is 1. The van der Waals surface area contributed by atoms with Gasteiger partial charge in [-0.05, 0) is 33.3 Å². The van der Waals surface area contributed by atoms with Crippen LogP contribution in [-0.2, 0) is 15.1 Å². The summed E-state index contributed by atoms with van der Waals surface area (Å²) < 4.78 is 0. The predicted octanol–water partition coefficient (Wildman–Crippen LogP) is 2.46. The van der Waals surface area contributed by atoms with Gasteiger partial charge in [-0.15, -0.1) is 0 Å². The van der Waals surface area contributed by atoms with Gasteiger partial charge in [0, 0.05) is 11.1 Å². The third kappa shape index (κ3) is 3.68. The average Bonchev–Trinajstić information content (AvgIpc) is 2.37. The Balaban J connectivity index is 2.94. The third-order valence-corrected chi connectivity index (χ3v) is 3.15. The smallest absolute Gasteiger partial charge is 0.331 e. The third-order valence-electron chi connectivity index (χ3n) is 3.15. The Hall–Kier alpha value is -2.10. The Bertz CT molecular complexity index is 515. The highest BCUT2D eigenvalue weighted by molar-refractivity contribution is 6.01. The molecule has 1 aromatic rings. The standard InChI is InChI=1S/C15H19NO3/c1-10(11(2)14(18)19)13(17)16-15(3,4)12-8-6-5-7-9-12/h5-9H,1-4H3,(H,16,17)(H,18,19)/b11-10+. The first-order valence-electron chi connectivity index (χ1n) is 6.04. The highest BCUT2D eigenvalue weighted by Crippen LogP contribution is 2.20. The fourth-order valence-electron chi connectivity index (χ4n) is 1.64. The molecule has 1 amide bonds. The quantitative estimate of drug-likeness (QED) is 0.818. The Kier molecular flexibility index (Phi) is 4.48. The summed E-state index contributed by atoms with van der Waals surface area (Å²) >= 11 is 0. The van der Waals surface area contributed by atoms with E-state index in [1.54, 1.807) is 0 Å². The van der Waals surface area contributed by atoms with Gasteiger partial charge in [-0.1, -0.05) is 30.3 Å². The zero-order valence-corrected chi connectivity index (χ0v) is 11.7. The van der Waals surface area contributed by atoms with Gasteiger partial charge in [0.15, 0.2) is 0 Å². The molecule has 0 fully saturated rings. The average molecular weight is 261 g/mol. The summed E-state index contributed by atoms with van der Waals surface area (Å²) in [4.78, 5) is 22.9. The second kappa shape index (κ2) is 5.69. The van der Waals surface area contributed by atoms with E-state index in [1.807, 2.05) is 44.2 Å². The molecule has 0 aromatic heterocycles. The van der Waals surface area contributed by atoms with E-state index in [2.05, 4.69) is 5.32 Å². The summed E-state index contributed by atoms with van der Waals surface area (Å²) in [6, 6.07) is 9.54. The van der Waals surface area contributed by atoms with Gasteiger partial charge < -0.3 is 10.4 Å². The molecule has 1 rings (SSSR count). The molecule has 0 unspecified atom stereocenters. The van der Waals surface area contributed by atoms with E-state index in [4.69, 9.17) is 5.11 Å². The Morgan fingerprint density at radius 1 is 1.05 bits per heavy atom. The molecule has 0 aliphatic rings. The van der Waals surface area contributed by atoms with Gasteiger partial charge in [-0.3, -0.25) is 4.79 Å². The monoisotopic (exact) mass is 261 g/mol. The Morgan fingerprint density at radius 2 is 1.58 bits per heavy atom. The molecule has 0 aliphatic carbocycles. The fraction of sp³-hybridized carbons (Fsp3) is 0.333. The number of carboxylic acid groups (broad SMARTS) is 1. The molecule has 1 aromatic carbocycles. The van der Waals surface area contributed by atoms with Crippen LogP contribution in [0.15, 0.2) is 41.5 Å². The van der Waals surface area contributed by atoms with Crippen LogP contribution in [0.25, 0.3) is 0 Å². The van der Waals surface area contributed by atoms with Crippen LogP contribution in [0.4, 0.5) is 0 Å². The van der Waals surface area contributed by atoms with Crippen molar-refractivity contribution in [2.75, 3.05) is 0 Å². The molecule has 0 radical (unpaired) electrons. The largest absolute Gasteiger partial charge is 0.478 e. The van der Waals surface area contributed by atoms with Gasteiger partial charge in [0.25, 0.3) is 0 Å². The van der Waals surface area contributed by atoms with Gasteiger partial charge in [0.1, 0.15) is 0 Å². The summed E-state index contributed by atoms with van der Waals surface area (Å²) in [7, 11) is 0. The minimum Gasteiger partial charge on any atom is -0.478 e. The van der Waals surface area contributed by atoms with Gasteiger partial charge in [-0.25, -0.2) is 4.79 Å². The van der Waals surface area contributed by atoms with Crippen LogP contribution in [0, 0.1) is 0 Å². The molecule has 4 heteroatoms. The lowest BCUT2D eigenvalue weighted by Gasteiger charge is -2.27. The summed E-state index contributed by atoms with van der Waals surface area (Å²) in [5, 5.41) is 11.7. The van der Waals surface area contributed by atoms with Crippen molar-refractivity contribution >= 4 is 11.9 Å². The second-order valence-corrected chi connectivity index (χ2v) is 5.00. The summed E-state index contributed by atoms with van der Waals surface area (Å²) in [6.07, 6.45) is 0. The molecule has 0 spiro atoms. The zero-order chi connectivity index (χ0) is 14.6. The Labute approximate surface area is 113 Å². The molecule has 0 aliphatic heterocycles. The van der Waals surface area contributed by atoms with Crippen LogP contribution in [0.2, 0.25) is 0 Å². The van der Waals surface area contributed by atoms with Gasteiger partial charge in [-0.2, -0.15) is 0 Å². The molecular formula is C15H19NO3. The van der Waals surface area contributed by atoms with Crippen molar-refractivity contribution < 1.29 is 14.7 Å². The first-order valence-corrected chi connectivity index (χ1v) is 6.04. The summed E-state index contributed by atoms with van der Waals surface area (Å²) in [6.45, 7) is 6.69. The van der Waals surface area contributed by atoms with E-state index in [0.717, 1.165) is 5.56 Å². The van der Waals surface area contributed by atoms with Crippen LogP contribution in [0.5, 0.6) is 0 Å². The van der Waals surface area contributed by atoms with Crippen LogP contribution in [0.1, 0.15) is 33.3 Å². The van der Waals surface area contributed by atoms with E-state index >= 15 is 0 Å². The van der Waals surface area contributed by atoms with Crippen molar-refractivity contribution in [3.8, 4) is 0 Å². The van der Waals surface area contributed by atoms with Crippen molar-refractivity contribution in [3.05, 3.63) is 47.0 Å². The highest BCUT2D eigenvalue weighted by Gasteiger charge is 2.24. The Morgan fingerprint density at radius 3 is 2.05 bits per heavy atom. The van der Waals surface area contributed by atoms with Crippen molar-refractivity contribution in [3.63, 3.8) is 0 Å². The van der Waals surface area contributed by atoms with Gasteiger partial charge in [0.05, 0.1) is 5.54 Å². The molecule has 0 saturated heterocycles. The van der Waals surface area contributed by atoms with E-state index < -0.39 is 11.5 Å². The molecule has 2 N–H and O–H groups in total. The molecule has 102 valence electrons. The maximum atomic E-state index is 12.0. The van der Waals surface area contributed by atoms with Crippen molar-refractivity contribution in [1.29, 1.82) is 0 Å². The molecule has 19 heavy (non-hydrogen) atoms. The normalized spacial score (nSPS) is 12.6. The maximum Gasteiger partial charge on any atom is 0.331 e. The van der Waals surface area contributed by atoms with Gasteiger partial charge >= 0.3 is 5.97 Å². The van der Waals surface area contributed by atoms with Crippen LogP contribution in [0.3, 0.4) is 0 Å². The number of hydrogen-bond acceptors (Lipinski definition) is 2. The number of aliphatic carboxylic acids is 1. The fourth-order valence-corrected chi connectivity index (χ4v) is 1.64. The van der Waals surface area contributed by atoms with E-state index in [0.29, 0.717) is 0 Å². The van der Waals surface area contributed by atoms with Gasteiger partial charge in [0.2, 0.25) is 5.91 Å². The number of carbonyl (C=O) groups excluding carboxylic acids is 1. The van der Waals surface area contributed by atoms with Crippen LogP contribution >= 0.6 is 0 Å². The number of carboxylic acids is 1. The number of rotatable bonds is 4. The molecule has 0 atom stereocenters. The molecular weight excluding hydrogens is 242 g/mol. The maximum absolute atomic E-state index is 12.0. The second-order valence-electron chi connectivity index (χ2n) is 5.00. The van der Waals surface area contributed by atoms with Crippen molar-refractivity contribution in [2.45, 2.75) is 33.2 Å². The van der Waals surface area contributed by atoms with Crippen LogP contribution < -0.4 is 5.32 Å². The number of carbonyl (C=O) groups is 2. The van der Waals surface area contributed by atoms with E-state index in [-0.39, 0.29) is 17.1 Å². The number of amides is 1. The minimum absolute atomic E-state index is 0.0568. The lowest BCUT2D eigenvalue weighted by molar-refractivity contribution is -0.133. The summed E-state index contributed by atoms with van der Waals surface area (Å²) in [5.41, 5.74) is 0.681. The lowest BCUT2D eigenvalue weighted by atomic mass is 9.93. The molecule has 0 saturated carbocycles. The van der Waals surface area contributed by atoms with E-state index in [1.165, 1.54) is 13.8 Å².